The van der Waals surface area contributed by atoms with E-state index in [-0.39, 0.29) is 6.54 Å². The van der Waals surface area contributed by atoms with Crippen molar-refractivity contribution in [3.8, 4) is 5.75 Å². The van der Waals surface area contributed by atoms with Gasteiger partial charge in [0.15, 0.2) is 0 Å². The van der Waals surface area contributed by atoms with Gasteiger partial charge in [-0.3, -0.25) is 19.3 Å². The molecule has 0 aromatic heterocycles. The van der Waals surface area contributed by atoms with Crippen molar-refractivity contribution < 1.29 is 23.9 Å². The fraction of sp³-hybridized carbons (Fsp3) is 0.158. The van der Waals surface area contributed by atoms with Crippen molar-refractivity contribution in [1.82, 2.24) is 9.80 Å². The zero-order valence-corrected chi connectivity index (χ0v) is 14.5. The molecule has 3 rings (SSSR count). The van der Waals surface area contributed by atoms with Gasteiger partial charge in [-0.1, -0.05) is 30.3 Å². The minimum absolute atomic E-state index is 0.0269. The summed E-state index contributed by atoms with van der Waals surface area (Å²) in [6.07, 6.45) is 0. The Morgan fingerprint density at radius 2 is 1.56 bits per heavy atom. The number of methoxy groups -OCH3 is 1. The third kappa shape index (κ3) is 3.95. The van der Waals surface area contributed by atoms with Crippen molar-refractivity contribution in [3.63, 3.8) is 0 Å². The van der Waals surface area contributed by atoms with Crippen molar-refractivity contribution in [1.29, 1.82) is 0 Å². The molecule has 2 aromatic carbocycles. The number of anilines is 1. The van der Waals surface area contributed by atoms with Crippen LogP contribution in [0.25, 0.3) is 0 Å². The van der Waals surface area contributed by atoms with Crippen molar-refractivity contribution in [2.24, 2.45) is 0 Å². The Hall–Kier alpha value is -3.68. The normalized spacial score (nSPS) is 13.9. The van der Waals surface area contributed by atoms with E-state index >= 15 is 0 Å². The topological polar surface area (TPSA) is 96.0 Å². The van der Waals surface area contributed by atoms with E-state index < -0.39 is 30.3 Å². The molecule has 1 fully saturated rings. The van der Waals surface area contributed by atoms with Gasteiger partial charge in [0.2, 0.25) is 5.91 Å². The number of hydrogen-bond donors (Lipinski definition) is 1. The summed E-state index contributed by atoms with van der Waals surface area (Å²) in [6.45, 7) is -0.568. The van der Waals surface area contributed by atoms with Gasteiger partial charge in [0, 0.05) is 5.69 Å². The third-order valence-corrected chi connectivity index (χ3v) is 3.99. The molecule has 8 heteroatoms. The SMILES string of the molecule is COc1ccc(NC(=O)CN2C(=O)C(=O)N(Cc3ccccc3)C2=O)cc1. The quantitative estimate of drug-likeness (QED) is 0.618. The lowest BCUT2D eigenvalue weighted by molar-refractivity contribution is -0.143. The maximum absolute atomic E-state index is 12.4. The first kappa shape index (κ1) is 18.1. The van der Waals surface area contributed by atoms with Crippen molar-refractivity contribution >= 4 is 29.4 Å². The Morgan fingerprint density at radius 1 is 0.926 bits per heavy atom. The molecule has 0 saturated carbocycles. The number of nitrogens with zero attached hydrogens (tertiary/aromatic N) is 2. The maximum atomic E-state index is 12.4. The zero-order valence-electron chi connectivity index (χ0n) is 14.5. The summed E-state index contributed by atoms with van der Waals surface area (Å²) in [6, 6.07) is 14.6. The standard InChI is InChI=1S/C19H17N3O5/c1-27-15-9-7-14(8-10-15)20-16(23)12-22-18(25)17(24)21(19(22)26)11-13-5-3-2-4-6-13/h2-10H,11-12H2,1H3,(H,20,23). The van der Waals surface area contributed by atoms with E-state index in [1.807, 2.05) is 0 Å². The predicted octanol–water partition coefficient (Wildman–Crippen LogP) is 1.62. The van der Waals surface area contributed by atoms with Gasteiger partial charge in [-0.15, -0.1) is 0 Å². The minimum atomic E-state index is -1.01. The highest BCUT2D eigenvalue weighted by atomic mass is 16.5. The molecule has 1 aliphatic rings. The maximum Gasteiger partial charge on any atom is 0.335 e. The van der Waals surface area contributed by atoms with Crippen LogP contribution >= 0.6 is 0 Å². The smallest absolute Gasteiger partial charge is 0.335 e. The minimum Gasteiger partial charge on any atom is -0.497 e. The number of carbonyl (C=O) groups is 4. The molecule has 5 amide bonds. The predicted molar refractivity (Wildman–Crippen MR) is 95.7 cm³/mol. The van der Waals surface area contributed by atoms with Crippen LogP contribution in [0.15, 0.2) is 54.6 Å². The van der Waals surface area contributed by atoms with Crippen LogP contribution in [0.1, 0.15) is 5.56 Å². The van der Waals surface area contributed by atoms with Crippen LogP contribution in [-0.4, -0.2) is 47.2 Å². The van der Waals surface area contributed by atoms with Crippen LogP contribution in [0.5, 0.6) is 5.75 Å². The summed E-state index contributed by atoms with van der Waals surface area (Å²) in [7, 11) is 1.52. The zero-order chi connectivity index (χ0) is 19.4. The van der Waals surface area contributed by atoms with E-state index in [4.69, 9.17) is 4.74 Å². The highest BCUT2D eigenvalue weighted by Gasteiger charge is 2.45. The fourth-order valence-electron chi connectivity index (χ4n) is 2.61. The summed E-state index contributed by atoms with van der Waals surface area (Å²) in [5, 5.41) is 2.57. The van der Waals surface area contributed by atoms with Gasteiger partial charge < -0.3 is 10.1 Å². The summed E-state index contributed by atoms with van der Waals surface area (Å²) in [5.74, 6) is -1.92. The Balaban J connectivity index is 1.65. The van der Waals surface area contributed by atoms with Gasteiger partial charge in [0.25, 0.3) is 0 Å². The Bertz CT molecular complexity index is 880. The number of rotatable bonds is 6. The van der Waals surface area contributed by atoms with Crippen LogP contribution < -0.4 is 10.1 Å². The van der Waals surface area contributed by atoms with Gasteiger partial charge >= 0.3 is 17.8 Å². The molecule has 0 bridgehead atoms. The Kier molecular flexibility index (Phi) is 5.16. The van der Waals surface area contributed by atoms with Crippen LogP contribution in [0.3, 0.4) is 0 Å². The molecule has 1 N–H and O–H groups in total. The summed E-state index contributed by atoms with van der Waals surface area (Å²) < 4.78 is 5.03. The number of imide groups is 2. The molecule has 1 aliphatic heterocycles. The largest absolute Gasteiger partial charge is 0.497 e. The molecule has 8 nitrogen and oxygen atoms in total. The summed E-state index contributed by atoms with van der Waals surface area (Å²) in [4.78, 5) is 50.3. The first-order valence-electron chi connectivity index (χ1n) is 8.14. The van der Waals surface area contributed by atoms with Crippen molar-refractivity contribution in [3.05, 3.63) is 60.2 Å². The second kappa shape index (κ2) is 7.69. The molecule has 1 saturated heterocycles. The second-order valence-electron chi connectivity index (χ2n) is 5.83. The van der Waals surface area contributed by atoms with Gasteiger partial charge in [0.05, 0.1) is 13.7 Å². The van der Waals surface area contributed by atoms with Crippen LogP contribution in [0, 0.1) is 0 Å². The lowest BCUT2D eigenvalue weighted by atomic mass is 10.2. The Morgan fingerprint density at radius 3 is 2.19 bits per heavy atom. The highest BCUT2D eigenvalue weighted by Crippen LogP contribution is 2.17. The monoisotopic (exact) mass is 367 g/mol. The molecule has 0 radical (unpaired) electrons. The van der Waals surface area contributed by atoms with E-state index in [0.717, 1.165) is 4.90 Å². The molecule has 0 spiro atoms. The molecular formula is C19H17N3O5. The van der Waals surface area contributed by atoms with Gasteiger partial charge in [-0.25, -0.2) is 9.69 Å². The Labute approximate surface area is 155 Å². The number of urea groups is 1. The van der Waals surface area contributed by atoms with Crippen molar-refractivity contribution in [2.45, 2.75) is 6.54 Å². The number of hydrogen-bond acceptors (Lipinski definition) is 5. The lowest BCUT2D eigenvalue weighted by Crippen LogP contribution is -2.38. The van der Waals surface area contributed by atoms with E-state index in [9.17, 15) is 19.2 Å². The van der Waals surface area contributed by atoms with E-state index in [2.05, 4.69) is 5.32 Å². The van der Waals surface area contributed by atoms with Crippen LogP contribution in [0.2, 0.25) is 0 Å². The number of benzene rings is 2. The van der Waals surface area contributed by atoms with Crippen molar-refractivity contribution in [2.75, 3.05) is 19.0 Å². The number of amides is 5. The van der Waals surface area contributed by atoms with Gasteiger partial charge in [-0.05, 0) is 29.8 Å². The molecule has 0 unspecified atom stereocenters. The molecule has 1 heterocycles. The molecule has 138 valence electrons. The average molecular weight is 367 g/mol. The summed E-state index contributed by atoms with van der Waals surface area (Å²) >= 11 is 0. The number of ether oxygens (including phenoxy) is 1. The molecule has 2 aromatic rings. The second-order valence-corrected chi connectivity index (χ2v) is 5.83. The first-order chi connectivity index (χ1) is 13.0. The average Bonchev–Trinajstić information content (AvgIpc) is 2.87. The highest BCUT2D eigenvalue weighted by molar-refractivity contribution is 6.45. The molecular weight excluding hydrogens is 350 g/mol. The first-order valence-corrected chi connectivity index (χ1v) is 8.14. The van der Waals surface area contributed by atoms with E-state index in [1.54, 1.807) is 54.6 Å². The number of carbonyl (C=O) groups excluding carboxylic acids is 4. The van der Waals surface area contributed by atoms with Crippen LogP contribution in [-0.2, 0) is 20.9 Å². The van der Waals surface area contributed by atoms with E-state index in [0.29, 0.717) is 21.9 Å². The molecule has 0 aliphatic carbocycles. The molecule has 27 heavy (non-hydrogen) atoms. The van der Waals surface area contributed by atoms with Crippen LogP contribution in [0.4, 0.5) is 10.5 Å². The number of nitrogens with one attached hydrogen (secondary N) is 1. The fourth-order valence-corrected chi connectivity index (χ4v) is 2.61. The lowest BCUT2D eigenvalue weighted by Gasteiger charge is -2.15. The van der Waals surface area contributed by atoms with E-state index in [1.165, 1.54) is 7.11 Å². The molecule has 0 atom stereocenters. The third-order valence-electron chi connectivity index (χ3n) is 3.99. The van der Waals surface area contributed by atoms with Gasteiger partial charge in [0.1, 0.15) is 12.3 Å². The summed E-state index contributed by atoms with van der Waals surface area (Å²) in [5.41, 5.74) is 1.18. The van der Waals surface area contributed by atoms with Gasteiger partial charge in [-0.2, -0.15) is 0 Å².